The summed E-state index contributed by atoms with van der Waals surface area (Å²) in [5, 5.41) is 9.87. The predicted molar refractivity (Wildman–Crippen MR) is 125 cm³/mol. The largest absolute Gasteiger partial charge is 0.351 e. The Morgan fingerprint density at radius 3 is 2.65 bits per heavy atom. The Balaban J connectivity index is 2.18. The van der Waals surface area contributed by atoms with Gasteiger partial charge in [-0.2, -0.15) is 0 Å². The Labute approximate surface area is 191 Å². The van der Waals surface area contributed by atoms with E-state index in [-0.39, 0.29) is 49.1 Å². The van der Waals surface area contributed by atoms with Crippen LogP contribution >= 0.6 is 22.9 Å². The van der Waals surface area contributed by atoms with Crippen molar-refractivity contribution in [2.45, 2.75) is 52.1 Å². The van der Waals surface area contributed by atoms with Crippen molar-refractivity contribution in [3.63, 3.8) is 0 Å². The van der Waals surface area contributed by atoms with Crippen LogP contribution in [0.3, 0.4) is 0 Å². The molecule has 0 aliphatic carbocycles. The van der Waals surface area contributed by atoms with Gasteiger partial charge in [-0.1, -0.05) is 45.4 Å². The fraction of sp³-hybridized carbons (Fsp3) is 0.455. The number of halogens is 1. The lowest BCUT2D eigenvalue weighted by atomic mass is 9.98. The van der Waals surface area contributed by atoms with Gasteiger partial charge in [0, 0.05) is 30.5 Å². The van der Waals surface area contributed by atoms with E-state index in [1.165, 1.54) is 17.4 Å². The molecule has 1 aromatic carbocycles. The Morgan fingerprint density at radius 2 is 2.00 bits per heavy atom. The molecule has 0 aliphatic heterocycles. The van der Waals surface area contributed by atoms with Crippen LogP contribution < -0.4 is 16.0 Å². The van der Waals surface area contributed by atoms with Gasteiger partial charge in [0.1, 0.15) is 6.04 Å². The molecule has 0 bridgehead atoms. The van der Waals surface area contributed by atoms with E-state index in [1.54, 1.807) is 13.0 Å². The first kappa shape index (κ1) is 24.8. The van der Waals surface area contributed by atoms with Crippen molar-refractivity contribution in [2.24, 2.45) is 5.92 Å². The smallest absolute Gasteiger partial charge is 0.243 e. The number of hydrogen-bond acceptors (Lipinski definition) is 5. The van der Waals surface area contributed by atoms with Crippen LogP contribution in [0.25, 0.3) is 10.2 Å². The van der Waals surface area contributed by atoms with Crippen LogP contribution in [0.5, 0.6) is 0 Å². The van der Waals surface area contributed by atoms with Crippen LogP contribution in [-0.2, 0) is 20.8 Å². The number of benzene rings is 1. The number of amides is 3. The van der Waals surface area contributed by atoms with Crippen LogP contribution in [-0.4, -0.2) is 41.3 Å². The number of nitrogens with one attached hydrogen (secondary N) is 3. The minimum atomic E-state index is -0.773. The summed E-state index contributed by atoms with van der Waals surface area (Å²) in [7, 11) is 0. The second-order valence-electron chi connectivity index (χ2n) is 7.35. The molecule has 3 amide bonds. The maximum Gasteiger partial charge on any atom is 0.243 e. The SMILES string of the molecule is C=CC(=O)NCC(NC(=O)[C@H](Cc1nc2ccc(Cl)cc2s1)NC(=O)CC)[C@@H](C)CC. The normalized spacial score (nSPS) is 13.8. The lowest BCUT2D eigenvalue weighted by Crippen LogP contribution is -2.54. The van der Waals surface area contributed by atoms with E-state index in [2.05, 4.69) is 27.5 Å². The summed E-state index contributed by atoms with van der Waals surface area (Å²) in [6.45, 7) is 9.47. The topological polar surface area (TPSA) is 100 Å². The molecule has 1 unspecified atom stereocenters. The Kier molecular flexibility index (Phi) is 9.45. The number of aromatic nitrogens is 1. The third-order valence-corrected chi connectivity index (χ3v) is 6.36. The number of nitrogens with zero attached hydrogens (tertiary/aromatic N) is 1. The van der Waals surface area contributed by atoms with E-state index < -0.39 is 6.04 Å². The molecular formula is C22H29ClN4O3S. The lowest BCUT2D eigenvalue weighted by molar-refractivity contribution is -0.129. The molecule has 3 N–H and O–H groups in total. The Bertz CT molecular complexity index is 946. The fourth-order valence-corrected chi connectivity index (χ4v) is 4.25. The summed E-state index contributed by atoms with van der Waals surface area (Å²) in [5.74, 6) is -0.700. The monoisotopic (exact) mass is 464 g/mol. The summed E-state index contributed by atoms with van der Waals surface area (Å²) in [6, 6.07) is 4.38. The average Bonchev–Trinajstić information content (AvgIpc) is 3.16. The van der Waals surface area contributed by atoms with Gasteiger partial charge in [-0.3, -0.25) is 14.4 Å². The maximum absolute atomic E-state index is 13.1. The molecule has 0 radical (unpaired) electrons. The summed E-state index contributed by atoms with van der Waals surface area (Å²) < 4.78 is 0.924. The number of fused-ring (bicyclic) bond motifs is 1. The van der Waals surface area contributed by atoms with E-state index in [0.29, 0.717) is 5.02 Å². The zero-order chi connectivity index (χ0) is 23.0. The van der Waals surface area contributed by atoms with Crippen molar-refractivity contribution in [2.75, 3.05) is 6.54 Å². The molecule has 0 fully saturated rings. The van der Waals surface area contributed by atoms with Crippen molar-refractivity contribution in [1.82, 2.24) is 20.9 Å². The highest BCUT2D eigenvalue weighted by atomic mass is 35.5. The first-order chi connectivity index (χ1) is 14.8. The Hall–Kier alpha value is -2.45. The standard InChI is InChI=1S/C22H29ClN4O3S/c1-5-13(4)17(12-24-19(28)6-2)27-22(30)16(25-20(29)7-3)11-21-26-15-9-8-14(23)10-18(15)31-21/h6,8-10,13,16-17H,2,5,7,11-12H2,1,3-4H3,(H,24,28)(H,25,29)(H,27,30)/t13-,16-,17?/m0/s1. The molecule has 0 saturated heterocycles. The zero-order valence-corrected chi connectivity index (χ0v) is 19.6. The van der Waals surface area contributed by atoms with E-state index >= 15 is 0 Å². The summed E-state index contributed by atoms with van der Waals surface area (Å²) in [5.41, 5.74) is 0.801. The van der Waals surface area contributed by atoms with E-state index in [9.17, 15) is 14.4 Å². The zero-order valence-electron chi connectivity index (χ0n) is 18.0. The predicted octanol–water partition coefficient (Wildman–Crippen LogP) is 3.22. The van der Waals surface area contributed by atoms with Crippen molar-refractivity contribution in [3.8, 4) is 0 Å². The molecule has 0 spiro atoms. The third-order valence-electron chi connectivity index (χ3n) is 5.09. The highest BCUT2D eigenvalue weighted by molar-refractivity contribution is 7.18. The highest BCUT2D eigenvalue weighted by Crippen LogP contribution is 2.26. The molecule has 7 nitrogen and oxygen atoms in total. The number of rotatable bonds is 11. The quantitative estimate of drug-likeness (QED) is 0.444. The number of carbonyl (C=O) groups is 3. The first-order valence-corrected chi connectivity index (χ1v) is 11.5. The van der Waals surface area contributed by atoms with Gasteiger partial charge >= 0.3 is 0 Å². The summed E-state index contributed by atoms with van der Waals surface area (Å²) >= 11 is 7.50. The number of thiazole rings is 1. The van der Waals surface area contributed by atoms with Gasteiger partial charge in [0.25, 0.3) is 0 Å². The fourth-order valence-electron chi connectivity index (χ4n) is 2.96. The van der Waals surface area contributed by atoms with Gasteiger partial charge in [-0.25, -0.2) is 4.98 Å². The van der Waals surface area contributed by atoms with Crippen LogP contribution in [0, 0.1) is 5.92 Å². The van der Waals surface area contributed by atoms with Crippen molar-refractivity contribution >= 4 is 50.9 Å². The van der Waals surface area contributed by atoms with Gasteiger partial charge in [0.05, 0.1) is 15.2 Å². The minimum absolute atomic E-state index is 0.126. The van der Waals surface area contributed by atoms with E-state index in [4.69, 9.17) is 11.6 Å². The molecule has 0 saturated carbocycles. The van der Waals surface area contributed by atoms with Crippen molar-refractivity contribution in [3.05, 3.63) is 40.9 Å². The highest BCUT2D eigenvalue weighted by Gasteiger charge is 2.26. The third kappa shape index (κ3) is 7.33. The van der Waals surface area contributed by atoms with Gasteiger partial charge < -0.3 is 16.0 Å². The van der Waals surface area contributed by atoms with Crippen LogP contribution in [0.1, 0.15) is 38.6 Å². The van der Waals surface area contributed by atoms with Crippen LogP contribution in [0.15, 0.2) is 30.9 Å². The van der Waals surface area contributed by atoms with Crippen molar-refractivity contribution in [1.29, 1.82) is 0 Å². The first-order valence-electron chi connectivity index (χ1n) is 10.3. The van der Waals surface area contributed by atoms with Gasteiger partial charge in [-0.15, -0.1) is 11.3 Å². The van der Waals surface area contributed by atoms with Crippen LogP contribution in [0.4, 0.5) is 0 Å². The summed E-state index contributed by atoms with van der Waals surface area (Å²) in [4.78, 5) is 41.3. The van der Waals surface area contributed by atoms with Crippen molar-refractivity contribution < 1.29 is 14.4 Å². The second-order valence-corrected chi connectivity index (χ2v) is 8.90. The summed E-state index contributed by atoms with van der Waals surface area (Å²) in [6.07, 6.45) is 2.54. The second kappa shape index (κ2) is 11.8. The molecule has 31 heavy (non-hydrogen) atoms. The molecule has 0 aliphatic rings. The van der Waals surface area contributed by atoms with Crippen LogP contribution in [0.2, 0.25) is 5.02 Å². The number of hydrogen-bond donors (Lipinski definition) is 3. The molecule has 168 valence electrons. The molecular weight excluding hydrogens is 436 g/mol. The molecule has 1 heterocycles. The maximum atomic E-state index is 13.1. The molecule has 2 rings (SSSR count). The van der Waals surface area contributed by atoms with Gasteiger partial charge in [-0.05, 0) is 30.2 Å². The lowest BCUT2D eigenvalue weighted by Gasteiger charge is -2.27. The van der Waals surface area contributed by atoms with E-state index in [0.717, 1.165) is 21.6 Å². The Morgan fingerprint density at radius 1 is 1.26 bits per heavy atom. The average molecular weight is 465 g/mol. The molecule has 1 aromatic heterocycles. The minimum Gasteiger partial charge on any atom is -0.351 e. The van der Waals surface area contributed by atoms with Gasteiger partial charge in [0.15, 0.2) is 0 Å². The number of carbonyl (C=O) groups excluding carboxylic acids is 3. The molecule has 9 heteroatoms. The molecule has 2 aromatic rings. The van der Waals surface area contributed by atoms with Gasteiger partial charge in [0.2, 0.25) is 17.7 Å². The van der Waals surface area contributed by atoms with E-state index in [1.807, 2.05) is 26.0 Å². The molecule has 3 atom stereocenters.